The highest BCUT2D eigenvalue weighted by molar-refractivity contribution is 5.94. The molecule has 2 aromatic rings. The molecule has 2 amide bonds. The monoisotopic (exact) mass is 394 g/mol. The second kappa shape index (κ2) is 8.39. The van der Waals surface area contributed by atoms with Crippen molar-refractivity contribution in [1.82, 2.24) is 19.6 Å². The Bertz CT molecular complexity index is 855. The SMILES string of the molecule is CCCN(C(=O)[C@@H]1C[C@H]1c1cnn(C)c1)C1CCN(C(=O)c2ccccc2)CC1. The molecule has 6 heteroatoms. The average molecular weight is 395 g/mol. The summed E-state index contributed by atoms with van der Waals surface area (Å²) in [5.41, 5.74) is 1.91. The summed E-state index contributed by atoms with van der Waals surface area (Å²) in [6.07, 6.45) is 7.50. The van der Waals surface area contributed by atoms with Crippen molar-refractivity contribution in [2.75, 3.05) is 19.6 Å². The minimum absolute atomic E-state index is 0.0923. The van der Waals surface area contributed by atoms with Crippen molar-refractivity contribution in [3.8, 4) is 0 Å². The number of hydrogen-bond acceptors (Lipinski definition) is 3. The third-order valence-electron chi connectivity index (χ3n) is 6.22. The van der Waals surface area contributed by atoms with E-state index in [1.807, 2.05) is 54.7 Å². The van der Waals surface area contributed by atoms with E-state index >= 15 is 0 Å². The Labute approximate surface area is 172 Å². The van der Waals surface area contributed by atoms with Crippen LogP contribution in [0.5, 0.6) is 0 Å². The number of hydrogen-bond donors (Lipinski definition) is 0. The van der Waals surface area contributed by atoms with E-state index in [1.54, 1.807) is 4.68 Å². The molecule has 0 bridgehead atoms. The maximum absolute atomic E-state index is 13.2. The van der Waals surface area contributed by atoms with E-state index in [0.29, 0.717) is 19.0 Å². The average Bonchev–Trinajstić information content (AvgIpc) is 3.45. The van der Waals surface area contributed by atoms with Crippen molar-refractivity contribution in [2.45, 2.75) is 44.6 Å². The number of carbonyl (C=O) groups excluding carboxylic acids is 2. The number of nitrogens with zero attached hydrogens (tertiary/aromatic N) is 4. The van der Waals surface area contributed by atoms with Crippen LogP contribution in [-0.4, -0.2) is 57.1 Å². The molecule has 1 saturated heterocycles. The van der Waals surface area contributed by atoms with E-state index in [9.17, 15) is 9.59 Å². The number of carbonyl (C=O) groups is 2. The molecule has 1 aromatic carbocycles. The summed E-state index contributed by atoms with van der Waals surface area (Å²) in [5, 5.41) is 4.25. The van der Waals surface area contributed by atoms with Crippen molar-refractivity contribution >= 4 is 11.8 Å². The Morgan fingerprint density at radius 3 is 2.52 bits per heavy atom. The third kappa shape index (κ3) is 4.21. The molecule has 1 aliphatic heterocycles. The largest absolute Gasteiger partial charge is 0.339 e. The van der Waals surface area contributed by atoms with Gasteiger partial charge in [0.1, 0.15) is 0 Å². The fraction of sp³-hybridized carbons (Fsp3) is 0.522. The molecule has 2 aliphatic rings. The number of piperidine rings is 1. The van der Waals surface area contributed by atoms with Gasteiger partial charge in [-0.1, -0.05) is 25.1 Å². The number of amides is 2. The lowest BCUT2D eigenvalue weighted by atomic mass is 10.0. The van der Waals surface area contributed by atoms with Crippen LogP contribution in [0.25, 0.3) is 0 Å². The topological polar surface area (TPSA) is 58.4 Å². The predicted octanol–water partition coefficient (Wildman–Crippen LogP) is 3.07. The molecule has 1 aromatic heterocycles. The lowest BCUT2D eigenvalue weighted by Crippen LogP contribution is -2.49. The van der Waals surface area contributed by atoms with E-state index in [4.69, 9.17) is 0 Å². The van der Waals surface area contributed by atoms with Gasteiger partial charge in [0.25, 0.3) is 5.91 Å². The van der Waals surface area contributed by atoms with Crippen LogP contribution in [0.3, 0.4) is 0 Å². The molecule has 0 unspecified atom stereocenters. The molecule has 2 atom stereocenters. The number of rotatable bonds is 6. The molecule has 4 rings (SSSR count). The lowest BCUT2D eigenvalue weighted by Gasteiger charge is -2.39. The summed E-state index contributed by atoms with van der Waals surface area (Å²) in [5.74, 6) is 0.787. The van der Waals surface area contributed by atoms with Gasteiger partial charge in [-0.3, -0.25) is 14.3 Å². The Morgan fingerprint density at radius 1 is 1.17 bits per heavy atom. The molecule has 0 radical (unpaired) electrons. The van der Waals surface area contributed by atoms with Crippen LogP contribution in [-0.2, 0) is 11.8 Å². The second-order valence-electron chi connectivity index (χ2n) is 8.32. The fourth-order valence-corrected chi connectivity index (χ4v) is 4.54. The molecule has 6 nitrogen and oxygen atoms in total. The van der Waals surface area contributed by atoms with Crippen molar-refractivity contribution in [1.29, 1.82) is 0 Å². The van der Waals surface area contributed by atoms with Gasteiger partial charge in [0.15, 0.2) is 0 Å². The Kier molecular flexibility index (Phi) is 5.69. The quantitative estimate of drug-likeness (QED) is 0.757. The molecule has 0 spiro atoms. The molecule has 29 heavy (non-hydrogen) atoms. The molecule has 154 valence electrons. The van der Waals surface area contributed by atoms with E-state index in [0.717, 1.165) is 37.8 Å². The predicted molar refractivity (Wildman–Crippen MR) is 111 cm³/mol. The van der Waals surface area contributed by atoms with Crippen molar-refractivity contribution < 1.29 is 9.59 Å². The summed E-state index contributed by atoms with van der Waals surface area (Å²) in [7, 11) is 1.91. The maximum Gasteiger partial charge on any atom is 0.253 e. The van der Waals surface area contributed by atoms with Gasteiger partial charge in [0, 0.05) is 50.4 Å². The van der Waals surface area contributed by atoms with E-state index < -0.39 is 0 Å². The first-order valence-corrected chi connectivity index (χ1v) is 10.7. The zero-order valence-electron chi connectivity index (χ0n) is 17.3. The highest BCUT2D eigenvalue weighted by Gasteiger charge is 2.47. The van der Waals surface area contributed by atoms with Crippen molar-refractivity contribution in [2.24, 2.45) is 13.0 Å². The first-order valence-electron chi connectivity index (χ1n) is 10.7. The molecule has 2 fully saturated rings. The highest BCUT2D eigenvalue weighted by Crippen LogP contribution is 2.48. The van der Waals surface area contributed by atoms with Gasteiger partial charge in [-0.25, -0.2) is 0 Å². The Balaban J connectivity index is 1.36. The molecule has 1 saturated carbocycles. The standard InChI is InChI=1S/C23H30N4O2/c1-3-11-27(23(29)21-14-20(21)18-15-24-25(2)16-18)19-9-12-26(13-10-19)22(28)17-7-5-4-6-8-17/h4-8,15-16,19-21H,3,9-14H2,1-2H3/t20-,21+/m0/s1. The second-order valence-corrected chi connectivity index (χ2v) is 8.32. The van der Waals surface area contributed by atoms with Crippen molar-refractivity contribution in [3.63, 3.8) is 0 Å². The van der Waals surface area contributed by atoms with Crippen LogP contribution in [0, 0.1) is 5.92 Å². The van der Waals surface area contributed by atoms with Crippen LogP contribution >= 0.6 is 0 Å². The molecule has 1 aliphatic carbocycles. The van der Waals surface area contributed by atoms with E-state index in [-0.39, 0.29) is 23.8 Å². The van der Waals surface area contributed by atoms with Gasteiger partial charge in [-0.15, -0.1) is 0 Å². The normalized spacial score (nSPS) is 21.8. The van der Waals surface area contributed by atoms with Gasteiger partial charge in [0.05, 0.1) is 6.20 Å². The first-order chi connectivity index (χ1) is 14.1. The fourth-order valence-electron chi connectivity index (χ4n) is 4.54. The van der Waals surface area contributed by atoms with E-state index in [1.165, 1.54) is 5.56 Å². The van der Waals surface area contributed by atoms with Crippen LogP contribution < -0.4 is 0 Å². The zero-order valence-corrected chi connectivity index (χ0v) is 17.3. The first kappa shape index (κ1) is 19.7. The van der Waals surface area contributed by atoms with E-state index in [2.05, 4.69) is 16.9 Å². The minimum Gasteiger partial charge on any atom is -0.339 e. The molecule has 2 heterocycles. The number of likely N-dealkylation sites (tertiary alicyclic amines) is 1. The van der Waals surface area contributed by atoms with Gasteiger partial charge in [-0.05, 0) is 49.3 Å². The maximum atomic E-state index is 13.2. The number of benzene rings is 1. The summed E-state index contributed by atoms with van der Waals surface area (Å²) < 4.78 is 1.80. The summed E-state index contributed by atoms with van der Waals surface area (Å²) in [4.78, 5) is 30.0. The van der Waals surface area contributed by atoms with Gasteiger partial charge in [-0.2, -0.15) is 5.10 Å². The summed E-state index contributed by atoms with van der Waals surface area (Å²) in [6, 6.07) is 9.69. The van der Waals surface area contributed by atoms with Gasteiger partial charge < -0.3 is 9.80 Å². The Morgan fingerprint density at radius 2 is 1.90 bits per heavy atom. The van der Waals surface area contributed by atoms with Crippen LogP contribution in [0.15, 0.2) is 42.7 Å². The van der Waals surface area contributed by atoms with Crippen LogP contribution in [0.4, 0.5) is 0 Å². The van der Waals surface area contributed by atoms with Crippen LogP contribution in [0.2, 0.25) is 0 Å². The molecule has 0 N–H and O–H groups in total. The van der Waals surface area contributed by atoms with Gasteiger partial charge >= 0.3 is 0 Å². The zero-order chi connectivity index (χ0) is 20.4. The van der Waals surface area contributed by atoms with Crippen LogP contribution in [0.1, 0.15) is 54.4 Å². The third-order valence-corrected chi connectivity index (χ3v) is 6.22. The smallest absolute Gasteiger partial charge is 0.253 e. The summed E-state index contributed by atoms with van der Waals surface area (Å²) in [6.45, 7) is 4.34. The molecular formula is C23H30N4O2. The summed E-state index contributed by atoms with van der Waals surface area (Å²) >= 11 is 0. The minimum atomic E-state index is 0.0923. The number of aromatic nitrogens is 2. The Hall–Kier alpha value is -2.63. The lowest BCUT2D eigenvalue weighted by molar-refractivity contribution is -0.136. The highest BCUT2D eigenvalue weighted by atomic mass is 16.2. The number of aryl methyl sites for hydroxylation is 1. The van der Waals surface area contributed by atoms with Gasteiger partial charge in [0.2, 0.25) is 5.91 Å². The molecular weight excluding hydrogens is 364 g/mol. The van der Waals surface area contributed by atoms with Crippen molar-refractivity contribution in [3.05, 3.63) is 53.9 Å².